The summed E-state index contributed by atoms with van der Waals surface area (Å²) in [7, 11) is 0. The number of hydrogen-bond acceptors (Lipinski definition) is 4. The number of nitrogens with zero attached hydrogens (tertiary/aromatic N) is 4. The molecule has 2 heterocycles. The predicted molar refractivity (Wildman–Crippen MR) is 128 cm³/mol. The van der Waals surface area contributed by atoms with Gasteiger partial charge in [0.1, 0.15) is 0 Å². The maximum absolute atomic E-state index is 13.0. The topological polar surface area (TPSA) is 58.4 Å². The van der Waals surface area contributed by atoms with Crippen molar-refractivity contribution in [3.63, 3.8) is 0 Å². The summed E-state index contributed by atoms with van der Waals surface area (Å²) in [6.45, 7) is 2.07. The number of rotatable bonds is 6. The molecule has 0 N–H and O–H groups in total. The van der Waals surface area contributed by atoms with Crippen LogP contribution in [0, 0.1) is 0 Å². The second kappa shape index (κ2) is 10.5. The molecule has 0 radical (unpaired) electrons. The van der Waals surface area contributed by atoms with Crippen molar-refractivity contribution in [2.45, 2.75) is 25.6 Å². The quantitative estimate of drug-likeness (QED) is 0.488. The van der Waals surface area contributed by atoms with Crippen LogP contribution in [0.3, 0.4) is 0 Å². The van der Waals surface area contributed by atoms with Gasteiger partial charge in [0.15, 0.2) is 0 Å². The molecule has 35 heavy (non-hydrogen) atoms. The lowest BCUT2D eigenvalue weighted by Gasteiger charge is -2.36. The van der Waals surface area contributed by atoms with Crippen LogP contribution >= 0.6 is 11.6 Å². The second-order valence-corrected chi connectivity index (χ2v) is 8.74. The van der Waals surface area contributed by atoms with Gasteiger partial charge in [0, 0.05) is 61.5 Å². The highest BCUT2D eigenvalue weighted by Crippen LogP contribution is 2.32. The van der Waals surface area contributed by atoms with E-state index >= 15 is 0 Å². The van der Waals surface area contributed by atoms with Gasteiger partial charge in [0.2, 0.25) is 5.91 Å². The van der Waals surface area contributed by atoms with Crippen LogP contribution in [0.25, 0.3) is 11.3 Å². The van der Waals surface area contributed by atoms with Crippen LogP contribution in [0.5, 0.6) is 0 Å². The normalized spacial score (nSPS) is 14.3. The molecule has 1 amide bonds. The number of carbonyl (C=O) groups is 1. The Kier molecular flexibility index (Phi) is 7.45. The van der Waals surface area contributed by atoms with Gasteiger partial charge in [-0.2, -0.15) is 18.3 Å². The van der Waals surface area contributed by atoms with E-state index in [0.717, 1.165) is 17.7 Å². The van der Waals surface area contributed by atoms with Gasteiger partial charge in [-0.25, -0.2) is 4.68 Å². The minimum absolute atomic E-state index is 0.0457. The number of hydrogen-bond donors (Lipinski definition) is 0. The van der Waals surface area contributed by atoms with E-state index in [-0.39, 0.29) is 17.9 Å². The van der Waals surface area contributed by atoms with Crippen molar-refractivity contribution in [2.75, 3.05) is 31.1 Å². The number of aryl methyl sites for hydroxylation is 1. The van der Waals surface area contributed by atoms with Crippen molar-refractivity contribution >= 4 is 23.2 Å². The van der Waals surface area contributed by atoms with Crippen LogP contribution < -0.4 is 10.5 Å². The average Bonchev–Trinajstić information content (AvgIpc) is 2.85. The van der Waals surface area contributed by atoms with Gasteiger partial charge < -0.3 is 9.80 Å². The van der Waals surface area contributed by atoms with E-state index in [0.29, 0.717) is 55.5 Å². The van der Waals surface area contributed by atoms with Crippen LogP contribution in [0.1, 0.15) is 18.4 Å². The molecule has 0 spiro atoms. The Bertz CT molecular complexity index is 1240. The van der Waals surface area contributed by atoms with Crippen LogP contribution in [0.4, 0.5) is 18.9 Å². The molecule has 1 fully saturated rings. The highest BCUT2D eigenvalue weighted by atomic mass is 35.5. The fraction of sp³-hybridized carbons (Fsp3) is 0.320. The molecule has 1 saturated heterocycles. The van der Waals surface area contributed by atoms with Gasteiger partial charge in [-0.1, -0.05) is 29.8 Å². The summed E-state index contributed by atoms with van der Waals surface area (Å²) in [6, 6.07) is 15.5. The number of halogens is 4. The van der Waals surface area contributed by atoms with Gasteiger partial charge >= 0.3 is 6.18 Å². The molecule has 6 nitrogen and oxygen atoms in total. The van der Waals surface area contributed by atoms with Crippen LogP contribution in [0.2, 0.25) is 5.02 Å². The molecule has 0 aliphatic carbocycles. The molecular weight excluding hydrogens is 481 g/mol. The molecule has 1 aliphatic heterocycles. The third kappa shape index (κ3) is 6.22. The molecular formula is C25H24ClF3N4O2. The monoisotopic (exact) mass is 504 g/mol. The van der Waals surface area contributed by atoms with E-state index in [4.69, 9.17) is 11.6 Å². The molecule has 3 aromatic rings. The summed E-state index contributed by atoms with van der Waals surface area (Å²) >= 11 is 5.92. The Hall–Kier alpha value is -3.33. The lowest BCUT2D eigenvalue weighted by atomic mass is 10.1. The number of anilines is 1. The first-order valence-electron chi connectivity index (χ1n) is 11.2. The Morgan fingerprint density at radius 1 is 0.971 bits per heavy atom. The van der Waals surface area contributed by atoms with E-state index in [9.17, 15) is 22.8 Å². The highest BCUT2D eigenvalue weighted by Gasteiger charge is 2.31. The maximum atomic E-state index is 13.0. The van der Waals surface area contributed by atoms with E-state index in [1.54, 1.807) is 29.2 Å². The molecule has 0 unspecified atom stereocenters. The third-order valence-corrected chi connectivity index (χ3v) is 6.19. The molecule has 184 valence electrons. The van der Waals surface area contributed by atoms with Gasteiger partial charge in [-0.3, -0.25) is 9.59 Å². The predicted octanol–water partition coefficient (Wildman–Crippen LogP) is 4.71. The average molecular weight is 505 g/mol. The van der Waals surface area contributed by atoms with Gasteiger partial charge in [0.25, 0.3) is 5.56 Å². The zero-order chi connectivity index (χ0) is 25.0. The molecule has 4 rings (SSSR count). The summed E-state index contributed by atoms with van der Waals surface area (Å²) in [5.41, 5.74) is 1.04. The molecule has 0 atom stereocenters. The number of amides is 1. The van der Waals surface area contributed by atoms with Gasteiger partial charge in [-0.15, -0.1) is 0 Å². The fourth-order valence-corrected chi connectivity index (χ4v) is 4.14. The minimum atomic E-state index is -4.39. The largest absolute Gasteiger partial charge is 0.416 e. The van der Waals surface area contributed by atoms with Crippen molar-refractivity contribution < 1.29 is 18.0 Å². The second-order valence-electron chi connectivity index (χ2n) is 8.31. The molecule has 1 aromatic heterocycles. The zero-order valence-electron chi connectivity index (χ0n) is 18.8. The first-order chi connectivity index (χ1) is 16.7. The number of piperazine rings is 1. The van der Waals surface area contributed by atoms with E-state index in [2.05, 4.69) is 5.10 Å². The summed E-state index contributed by atoms with van der Waals surface area (Å²) < 4.78 is 40.3. The van der Waals surface area contributed by atoms with Crippen molar-refractivity contribution in [3.05, 3.63) is 81.6 Å². The number of benzene rings is 2. The minimum Gasteiger partial charge on any atom is -0.368 e. The smallest absolute Gasteiger partial charge is 0.368 e. The molecule has 0 saturated carbocycles. The first-order valence-corrected chi connectivity index (χ1v) is 11.6. The van der Waals surface area contributed by atoms with E-state index in [1.165, 1.54) is 16.8 Å². The third-order valence-electron chi connectivity index (χ3n) is 5.94. The number of alkyl halides is 3. The van der Waals surface area contributed by atoms with E-state index < -0.39 is 11.7 Å². The van der Waals surface area contributed by atoms with Crippen molar-refractivity contribution in [1.82, 2.24) is 14.7 Å². The van der Waals surface area contributed by atoms with Gasteiger partial charge in [-0.05, 0) is 42.8 Å². The lowest BCUT2D eigenvalue weighted by molar-refractivity contribution is -0.137. The van der Waals surface area contributed by atoms with Crippen molar-refractivity contribution in [3.8, 4) is 11.3 Å². The van der Waals surface area contributed by atoms with Crippen LogP contribution in [-0.2, 0) is 17.5 Å². The van der Waals surface area contributed by atoms with Crippen LogP contribution in [0.15, 0.2) is 65.5 Å². The van der Waals surface area contributed by atoms with Crippen LogP contribution in [-0.4, -0.2) is 46.8 Å². The van der Waals surface area contributed by atoms with E-state index in [1.807, 2.05) is 17.0 Å². The summed E-state index contributed by atoms with van der Waals surface area (Å²) in [5, 5.41) is 5.01. The molecule has 1 aliphatic rings. The summed E-state index contributed by atoms with van der Waals surface area (Å²) in [6.07, 6.45) is -3.69. The molecule has 10 heteroatoms. The maximum Gasteiger partial charge on any atom is 0.416 e. The highest BCUT2D eigenvalue weighted by molar-refractivity contribution is 6.30. The first kappa shape index (κ1) is 24.8. The summed E-state index contributed by atoms with van der Waals surface area (Å²) in [4.78, 5) is 28.4. The Morgan fingerprint density at radius 2 is 1.69 bits per heavy atom. The number of carbonyl (C=O) groups excluding carboxylic acids is 1. The zero-order valence-corrected chi connectivity index (χ0v) is 19.6. The fourth-order valence-electron chi connectivity index (χ4n) is 4.01. The summed E-state index contributed by atoms with van der Waals surface area (Å²) in [5.74, 6) is -0.0457. The molecule has 0 bridgehead atoms. The Balaban J connectivity index is 1.29. The van der Waals surface area contributed by atoms with Crippen molar-refractivity contribution in [2.24, 2.45) is 0 Å². The lowest BCUT2D eigenvalue weighted by Crippen LogP contribution is -2.48. The Labute approximate surface area is 205 Å². The van der Waals surface area contributed by atoms with Crippen molar-refractivity contribution in [1.29, 1.82) is 0 Å². The Morgan fingerprint density at radius 3 is 2.37 bits per heavy atom. The number of aromatic nitrogens is 2. The molecule has 2 aromatic carbocycles. The standard InChI is InChI=1S/C25H24ClF3N4O2/c26-20-8-6-18(7-9-20)22-10-11-24(35)33(30-22)12-2-5-23(34)32-15-13-31(14-16-32)21-4-1-3-19(17-21)25(27,28)29/h1,3-4,6-11,17H,2,5,12-16H2. The van der Waals surface area contributed by atoms with Gasteiger partial charge in [0.05, 0.1) is 11.3 Å². The SMILES string of the molecule is O=C(CCCn1nc(-c2ccc(Cl)cc2)ccc1=O)N1CCN(c2cccc(C(F)(F)F)c2)CC1.